The summed E-state index contributed by atoms with van der Waals surface area (Å²) in [4.78, 5) is 0. The average molecular weight is 468 g/mol. The van der Waals surface area contributed by atoms with Crippen LogP contribution >= 0.6 is 31.9 Å². The van der Waals surface area contributed by atoms with E-state index in [1.165, 1.54) is 0 Å². The van der Waals surface area contributed by atoms with Gasteiger partial charge in [-0.1, -0.05) is 0 Å². The lowest BCUT2D eigenvalue weighted by atomic mass is 10.1. The highest BCUT2D eigenvalue weighted by molar-refractivity contribution is 9.11. The van der Waals surface area contributed by atoms with Crippen molar-refractivity contribution in [2.75, 3.05) is 19.0 Å². The number of aromatic nitrogens is 3. The Morgan fingerprint density at radius 2 is 1.64 bits per heavy atom. The standard InChI is InChI=1S/C18H20Br2N4O/c1-6-25-17-13(19)7-12(8-14(17)20)24-10(3)15-9(2)22-23-18(21-5)16(15)11(24)4/h7-8H,6H2,1-5H3,(H,21,23). The van der Waals surface area contributed by atoms with Gasteiger partial charge in [-0.25, -0.2) is 0 Å². The van der Waals surface area contributed by atoms with Crippen LogP contribution in [0.1, 0.15) is 24.0 Å². The molecule has 0 bridgehead atoms. The van der Waals surface area contributed by atoms with Crippen molar-refractivity contribution in [3.05, 3.63) is 38.2 Å². The highest BCUT2D eigenvalue weighted by Crippen LogP contribution is 2.39. The third-order valence-electron chi connectivity index (χ3n) is 4.31. The van der Waals surface area contributed by atoms with Gasteiger partial charge in [0.25, 0.3) is 0 Å². The molecule has 0 aliphatic carbocycles. The van der Waals surface area contributed by atoms with Gasteiger partial charge in [0.1, 0.15) is 5.75 Å². The molecule has 0 fully saturated rings. The number of nitrogens with one attached hydrogen (secondary N) is 1. The summed E-state index contributed by atoms with van der Waals surface area (Å²) in [6.07, 6.45) is 0. The lowest BCUT2D eigenvalue weighted by Gasteiger charge is -2.14. The van der Waals surface area contributed by atoms with Crippen LogP contribution in [0.25, 0.3) is 16.5 Å². The molecule has 0 aliphatic rings. The van der Waals surface area contributed by atoms with Crippen LogP contribution in [0.15, 0.2) is 21.1 Å². The molecule has 0 atom stereocenters. The molecule has 3 rings (SSSR count). The van der Waals surface area contributed by atoms with Gasteiger partial charge in [-0.15, -0.1) is 5.10 Å². The molecule has 132 valence electrons. The lowest BCUT2D eigenvalue weighted by Crippen LogP contribution is -2.01. The molecule has 0 aliphatic heterocycles. The lowest BCUT2D eigenvalue weighted by molar-refractivity contribution is 0.336. The first-order valence-corrected chi connectivity index (χ1v) is 9.64. The van der Waals surface area contributed by atoms with E-state index in [4.69, 9.17) is 4.74 Å². The van der Waals surface area contributed by atoms with E-state index in [0.29, 0.717) is 6.61 Å². The number of ether oxygens (including phenoxy) is 1. The minimum atomic E-state index is 0.615. The van der Waals surface area contributed by atoms with E-state index in [0.717, 1.165) is 54.1 Å². The molecule has 1 aromatic carbocycles. The number of halogens is 2. The monoisotopic (exact) mass is 466 g/mol. The third kappa shape index (κ3) is 2.93. The maximum absolute atomic E-state index is 5.70. The summed E-state index contributed by atoms with van der Waals surface area (Å²) in [6, 6.07) is 4.15. The van der Waals surface area contributed by atoms with E-state index in [-0.39, 0.29) is 0 Å². The van der Waals surface area contributed by atoms with Crippen molar-refractivity contribution in [2.24, 2.45) is 0 Å². The van der Waals surface area contributed by atoms with Crippen LogP contribution in [-0.4, -0.2) is 28.4 Å². The Hall–Kier alpha value is -1.60. The van der Waals surface area contributed by atoms with E-state index < -0.39 is 0 Å². The Morgan fingerprint density at radius 3 is 2.20 bits per heavy atom. The Bertz CT molecular complexity index is 943. The molecule has 0 saturated carbocycles. The zero-order valence-electron chi connectivity index (χ0n) is 14.9. The quantitative estimate of drug-likeness (QED) is 0.564. The van der Waals surface area contributed by atoms with Crippen molar-refractivity contribution in [2.45, 2.75) is 27.7 Å². The van der Waals surface area contributed by atoms with Gasteiger partial charge in [0.2, 0.25) is 0 Å². The zero-order valence-corrected chi connectivity index (χ0v) is 18.0. The Balaban J connectivity index is 2.32. The number of anilines is 1. The summed E-state index contributed by atoms with van der Waals surface area (Å²) in [5, 5.41) is 14.0. The largest absolute Gasteiger partial charge is 0.492 e. The topological polar surface area (TPSA) is 52.0 Å². The van der Waals surface area contributed by atoms with Crippen LogP contribution in [0.2, 0.25) is 0 Å². The van der Waals surface area contributed by atoms with Gasteiger partial charge in [0.05, 0.1) is 21.2 Å². The Morgan fingerprint density at radius 1 is 1.04 bits per heavy atom. The van der Waals surface area contributed by atoms with Gasteiger partial charge in [-0.3, -0.25) is 0 Å². The molecule has 5 nitrogen and oxygen atoms in total. The predicted molar refractivity (Wildman–Crippen MR) is 109 cm³/mol. The number of nitrogens with zero attached hydrogens (tertiary/aromatic N) is 3. The normalized spacial score (nSPS) is 11.2. The predicted octanol–water partition coefficient (Wildman–Crippen LogP) is 5.31. The molecule has 2 aromatic heterocycles. The van der Waals surface area contributed by atoms with E-state index in [1.807, 2.05) is 20.9 Å². The maximum atomic E-state index is 5.70. The minimum Gasteiger partial charge on any atom is -0.492 e. The van der Waals surface area contributed by atoms with Crippen LogP contribution in [0.3, 0.4) is 0 Å². The summed E-state index contributed by atoms with van der Waals surface area (Å²) in [6.45, 7) is 8.80. The number of hydrogen-bond donors (Lipinski definition) is 1. The highest BCUT2D eigenvalue weighted by Gasteiger charge is 2.20. The van der Waals surface area contributed by atoms with Crippen LogP contribution in [0, 0.1) is 20.8 Å². The van der Waals surface area contributed by atoms with Gasteiger partial charge in [-0.2, -0.15) is 5.10 Å². The molecule has 0 amide bonds. The Labute approximate surface area is 164 Å². The molecule has 25 heavy (non-hydrogen) atoms. The first-order chi connectivity index (χ1) is 11.9. The number of aryl methyl sites for hydroxylation is 3. The highest BCUT2D eigenvalue weighted by atomic mass is 79.9. The zero-order chi connectivity index (χ0) is 18.3. The van der Waals surface area contributed by atoms with Gasteiger partial charge >= 0.3 is 0 Å². The summed E-state index contributed by atoms with van der Waals surface area (Å²) < 4.78 is 9.76. The van der Waals surface area contributed by atoms with Gasteiger partial charge < -0.3 is 14.6 Å². The molecular formula is C18H20Br2N4O. The Kier molecular flexibility index (Phi) is 5.06. The van der Waals surface area contributed by atoms with Crippen molar-refractivity contribution in [3.8, 4) is 11.4 Å². The maximum Gasteiger partial charge on any atom is 0.158 e. The fourth-order valence-corrected chi connectivity index (χ4v) is 4.71. The number of benzene rings is 1. The molecule has 2 heterocycles. The first-order valence-electron chi connectivity index (χ1n) is 8.05. The van der Waals surface area contributed by atoms with E-state index >= 15 is 0 Å². The number of fused-ring (bicyclic) bond motifs is 1. The molecule has 3 aromatic rings. The second-order valence-electron chi connectivity index (χ2n) is 5.81. The fraction of sp³-hybridized carbons (Fsp3) is 0.333. The van der Waals surface area contributed by atoms with Crippen LogP contribution in [-0.2, 0) is 0 Å². The molecule has 0 spiro atoms. The van der Waals surface area contributed by atoms with Crippen LogP contribution in [0.4, 0.5) is 5.82 Å². The van der Waals surface area contributed by atoms with Crippen molar-refractivity contribution in [1.82, 2.24) is 14.8 Å². The molecule has 1 N–H and O–H groups in total. The van der Waals surface area contributed by atoms with E-state index in [9.17, 15) is 0 Å². The second-order valence-corrected chi connectivity index (χ2v) is 7.52. The smallest absolute Gasteiger partial charge is 0.158 e. The van der Waals surface area contributed by atoms with Crippen molar-refractivity contribution >= 4 is 48.5 Å². The molecular weight excluding hydrogens is 448 g/mol. The van der Waals surface area contributed by atoms with Crippen molar-refractivity contribution in [1.29, 1.82) is 0 Å². The summed E-state index contributed by atoms with van der Waals surface area (Å²) in [5.74, 6) is 1.61. The fourth-order valence-electron chi connectivity index (χ4n) is 3.31. The van der Waals surface area contributed by atoms with Crippen LogP contribution < -0.4 is 10.1 Å². The molecule has 7 heteroatoms. The SMILES string of the molecule is CCOc1c(Br)cc(-n2c(C)c3c(C)nnc(NC)c3c2C)cc1Br. The van der Waals surface area contributed by atoms with Crippen molar-refractivity contribution in [3.63, 3.8) is 0 Å². The number of hydrogen-bond acceptors (Lipinski definition) is 4. The van der Waals surface area contributed by atoms with Crippen LogP contribution in [0.5, 0.6) is 5.75 Å². The molecule has 0 radical (unpaired) electrons. The number of rotatable bonds is 4. The van der Waals surface area contributed by atoms with E-state index in [2.05, 4.69) is 77.9 Å². The van der Waals surface area contributed by atoms with Gasteiger partial charge in [0.15, 0.2) is 5.82 Å². The van der Waals surface area contributed by atoms with Gasteiger partial charge in [-0.05, 0) is 71.7 Å². The summed E-state index contributed by atoms with van der Waals surface area (Å²) in [5.41, 5.74) is 4.24. The second kappa shape index (κ2) is 6.96. The average Bonchev–Trinajstić information content (AvgIpc) is 2.83. The summed E-state index contributed by atoms with van der Waals surface area (Å²) in [7, 11) is 1.87. The molecule has 0 unspecified atom stereocenters. The first kappa shape index (κ1) is 18.2. The van der Waals surface area contributed by atoms with Gasteiger partial charge in [0, 0.05) is 34.9 Å². The van der Waals surface area contributed by atoms with E-state index in [1.54, 1.807) is 0 Å². The van der Waals surface area contributed by atoms with Crippen molar-refractivity contribution < 1.29 is 4.74 Å². The third-order valence-corrected chi connectivity index (χ3v) is 5.49. The molecule has 0 saturated heterocycles. The minimum absolute atomic E-state index is 0.615. The summed E-state index contributed by atoms with van der Waals surface area (Å²) >= 11 is 7.25.